The molecule has 7 heteroatoms. The molecule has 0 bridgehead atoms. The van der Waals surface area contributed by atoms with Crippen molar-refractivity contribution >= 4 is 17.3 Å². The molecule has 27 heavy (non-hydrogen) atoms. The van der Waals surface area contributed by atoms with Crippen LogP contribution >= 0.6 is 12.2 Å². The molecule has 0 aliphatic rings. The van der Waals surface area contributed by atoms with Crippen molar-refractivity contribution < 1.29 is 18.9 Å². The highest BCUT2D eigenvalue weighted by atomic mass is 32.1. The van der Waals surface area contributed by atoms with Gasteiger partial charge in [-0.05, 0) is 54.5 Å². The van der Waals surface area contributed by atoms with Gasteiger partial charge >= 0.3 is 0 Å². The molecule has 0 aromatic heterocycles. The van der Waals surface area contributed by atoms with Gasteiger partial charge in [-0.2, -0.15) is 0 Å². The Hall–Kier alpha value is -2.67. The number of ether oxygens (including phenoxy) is 4. The molecule has 0 aliphatic heterocycles. The minimum absolute atomic E-state index is 0.557. The van der Waals surface area contributed by atoms with Crippen molar-refractivity contribution in [2.75, 3.05) is 35.0 Å². The Bertz CT molecular complexity index is 768. The molecule has 0 saturated carbocycles. The first-order chi connectivity index (χ1) is 13.1. The van der Waals surface area contributed by atoms with Crippen molar-refractivity contribution in [2.45, 2.75) is 13.0 Å². The standard InChI is InChI=1S/C20H26N2O4S/c1-23-16-7-8-18(25-3)14(11-16)9-10-21-20(27)22-13-15-5-6-17(24-2)12-19(15)26-4/h5-8,11-12H,9-10,13H2,1-4H3,(H2,21,22,27). The van der Waals surface area contributed by atoms with Gasteiger partial charge in [0.15, 0.2) is 5.11 Å². The molecular weight excluding hydrogens is 364 g/mol. The average Bonchev–Trinajstić information content (AvgIpc) is 2.71. The number of benzene rings is 2. The summed E-state index contributed by atoms with van der Waals surface area (Å²) in [6.07, 6.45) is 0.758. The van der Waals surface area contributed by atoms with Gasteiger partial charge in [0.1, 0.15) is 23.0 Å². The second-order valence-electron chi connectivity index (χ2n) is 5.72. The first kappa shape index (κ1) is 20.6. The molecule has 0 heterocycles. The topological polar surface area (TPSA) is 61.0 Å². The normalized spacial score (nSPS) is 10.1. The second-order valence-corrected chi connectivity index (χ2v) is 6.12. The van der Waals surface area contributed by atoms with Gasteiger partial charge < -0.3 is 29.6 Å². The molecule has 0 unspecified atom stereocenters. The van der Waals surface area contributed by atoms with Gasteiger partial charge in [-0.15, -0.1) is 0 Å². The molecule has 2 N–H and O–H groups in total. The minimum Gasteiger partial charge on any atom is -0.497 e. The zero-order valence-electron chi connectivity index (χ0n) is 16.1. The average molecular weight is 391 g/mol. The molecular formula is C20H26N2O4S. The van der Waals surface area contributed by atoms with Crippen LogP contribution in [0.25, 0.3) is 0 Å². The summed E-state index contributed by atoms with van der Waals surface area (Å²) in [5.74, 6) is 3.15. The van der Waals surface area contributed by atoms with Gasteiger partial charge in [0, 0.05) is 24.7 Å². The predicted molar refractivity (Wildman–Crippen MR) is 110 cm³/mol. The van der Waals surface area contributed by atoms with Crippen LogP contribution in [0.15, 0.2) is 36.4 Å². The summed E-state index contributed by atoms with van der Waals surface area (Å²) >= 11 is 5.36. The summed E-state index contributed by atoms with van der Waals surface area (Å²) in [5.41, 5.74) is 2.06. The molecule has 0 radical (unpaired) electrons. The highest BCUT2D eigenvalue weighted by Crippen LogP contribution is 2.25. The lowest BCUT2D eigenvalue weighted by molar-refractivity contribution is 0.390. The second kappa shape index (κ2) is 10.5. The van der Waals surface area contributed by atoms with Crippen molar-refractivity contribution in [3.8, 4) is 23.0 Å². The van der Waals surface area contributed by atoms with Crippen LogP contribution in [0.1, 0.15) is 11.1 Å². The molecule has 0 aliphatic carbocycles. The zero-order valence-corrected chi connectivity index (χ0v) is 16.9. The van der Waals surface area contributed by atoms with E-state index >= 15 is 0 Å². The molecule has 2 aromatic carbocycles. The van der Waals surface area contributed by atoms with E-state index in [0.717, 1.165) is 40.5 Å². The van der Waals surface area contributed by atoms with E-state index in [1.807, 2.05) is 36.4 Å². The minimum atomic E-state index is 0.557. The monoisotopic (exact) mass is 390 g/mol. The third-order valence-corrected chi connectivity index (χ3v) is 4.39. The van der Waals surface area contributed by atoms with Gasteiger partial charge in [-0.1, -0.05) is 0 Å². The van der Waals surface area contributed by atoms with Crippen LogP contribution in [-0.4, -0.2) is 40.1 Å². The lowest BCUT2D eigenvalue weighted by Gasteiger charge is -2.14. The van der Waals surface area contributed by atoms with Crippen LogP contribution in [0.2, 0.25) is 0 Å². The van der Waals surface area contributed by atoms with Crippen molar-refractivity contribution in [1.82, 2.24) is 10.6 Å². The third-order valence-electron chi connectivity index (χ3n) is 4.10. The Morgan fingerprint density at radius 1 is 0.778 bits per heavy atom. The molecule has 2 rings (SSSR count). The van der Waals surface area contributed by atoms with Crippen LogP contribution < -0.4 is 29.6 Å². The van der Waals surface area contributed by atoms with E-state index in [2.05, 4.69) is 10.6 Å². The molecule has 0 spiro atoms. The Morgan fingerprint density at radius 2 is 1.44 bits per heavy atom. The number of thiocarbonyl (C=S) groups is 1. The smallest absolute Gasteiger partial charge is 0.166 e. The van der Waals surface area contributed by atoms with Gasteiger partial charge in [0.2, 0.25) is 0 Å². The number of nitrogens with one attached hydrogen (secondary N) is 2. The number of methoxy groups -OCH3 is 4. The number of hydrogen-bond donors (Lipinski definition) is 2. The van der Waals surface area contributed by atoms with Crippen molar-refractivity contribution in [1.29, 1.82) is 0 Å². The lowest BCUT2D eigenvalue weighted by atomic mass is 10.1. The van der Waals surface area contributed by atoms with E-state index in [0.29, 0.717) is 18.2 Å². The predicted octanol–water partition coefficient (Wildman–Crippen LogP) is 2.93. The van der Waals surface area contributed by atoms with Crippen LogP contribution in [0, 0.1) is 0 Å². The molecule has 0 amide bonds. The molecule has 0 atom stereocenters. The van der Waals surface area contributed by atoms with E-state index in [1.165, 1.54) is 0 Å². The molecule has 146 valence electrons. The Labute approximate surface area is 165 Å². The third kappa shape index (κ3) is 5.92. The van der Waals surface area contributed by atoms with E-state index < -0.39 is 0 Å². The van der Waals surface area contributed by atoms with E-state index in [1.54, 1.807) is 28.4 Å². The first-order valence-corrected chi connectivity index (χ1v) is 8.95. The molecule has 2 aromatic rings. The first-order valence-electron chi connectivity index (χ1n) is 8.54. The number of rotatable bonds is 9. The molecule has 0 saturated heterocycles. The maximum Gasteiger partial charge on any atom is 0.166 e. The van der Waals surface area contributed by atoms with Gasteiger partial charge in [0.25, 0.3) is 0 Å². The molecule has 6 nitrogen and oxygen atoms in total. The van der Waals surface area contributed by atoms with Crippen LogP contribution in [-0.2, 0) is 13.0 Å². The SMILES string of the molecule is COc1ccc(OC)c(CCNC(=S)NCc2ccc(OC)cc2OC)c1. The fourth-order valence-corrected chi connectivity index (χ4v) is 2.80. The summed E-state index contributed by atoms with van der Waals surface area (Å²) < 4.78 is 21.3. The van der Waals surface area contributed by atoms with Gasteiger partial charge in [0.05, 0.1) is 28.4 Å². The Kier molecular flexibility index (Phi) is 8.00. The fraction of sp³-hybridized carbons (Fsp3) is 0.350. The van der Waals surface area contributed by atoms with Crippen molar-refractivity contribution in [3.05, 3.63) is 47.5 Å². The number of hydrogen-bond acceptors (Lipinski definition) is 5. The highest BCUT2D eigenvalue weighted by molar-refractivity contribution is 7.80. The molecule has 0 fully saturated rings. The Morgan fingerprint density at radius 3 is 2.11 bits per heavy atom. The van der Waals surface area contributed by atoms with Crippen molar-refractivity contribution in [3.63, 3.8) is 0 Å². The maximum absolute atomic E-state index is 5.40. The van der Waals surface area contributed by atoms with E-state index in [-0.39, 0.29) is 0 Å². The van der Waals surface area contributed by atoms with Crippen LogP contribution in [0.5, 0.6) is 23.0 Å². The summed E-state index contributed by atoms with van der Waals surface area (Å²) in [5, 5.41) is 6.98. The summed E-state index contributed by atoms with van der Waals surface area (Å²) in [6, 6.07) is 11.5. The van der Waals surface area contributed by atoms with Crippen LogP contribution in [0.4, 0.5) is 0 Å². The van der Waals surface area contributed by atoms with Crippen molar-refractivity contribution in [2.24, 2.45) is 0 Å². The zero-order chi connectivity index (χ0) is 19.6. The summed E-state index contributed by atoms with van der Waals surface area (Å²) in [4.78, 5) is 0. The van der Waals surface area contributed by atoms with E-state index in [9.17, 15) is 0 Å². The largest absolute Gasteiger partial charge is 0.497 e. The Balaban J connectivity index is 1.85. The van der Waals surface area contributed by atoms with Gasteiger partial charge in [-0.25, -0.2) is 0 Å². The lowest BCUT2D eigenvalue weighted by Crippen LogP contribution is -2.36. The van der Waals surface area contributed by atoms with Gasteiger partial charge in [-0.3, -0.25) is 0 Å². The highest BCUT2D eigenvalue weighted by Gasteiger charge is 2.07. The van der Waals surface area contributed by atoms with E-state index in [4.69, 9.17) is 31.2 Å². The summed E-state index contributed by atoms with van der Waals surface area (Å²) in [6.45, 7) is 1.23. The fourth-order valence-electron chi connectivity index (χ4n) is 2.62. The quantitative estimate of drug-likeness (QED) is 0.639. The van der Waals surface area contributed by atoms with Crippen LogP contribution in [0.3, 0.4) is 0 Å². The summed E-state index contributed by atoms with van der Waals surface area (Å²) in [7, 11) is 6.57. The maximum atomic E-state index is 5.40.